The number of carbonyl (C=O) groups is 1. The van der Waals surface area contributed by atoms with Crippen molar-refractivity contribution < 1.29 is 14.3 Å². The van der Waals surface area contributed by atoms with E-state index < -0.39 is 10.3 Å². The number of carbonyl (C=O) groups excluding carboxylic acids is 1. The summed E-state index contributed by atoms with van der Waals surface area (Å²) in [5.74, 6) is 0.272. The molecule has 1 unspecified atom stereocenters. The summed E-state index contributed by atoms with van der Waals surface area (Å²) in [4.78, 5) is 11.8. The van der Waals surface area contributed by atoms with E-state index in [1.807, 2.05) is 0 Å². The van der Waals surface area contributed by atoms with Gasteiger partial charge in [0.2, 0.25) is 0 Å². The number of hydrogen-bond acceptors (Lipinski definition) is 3. The van der Waals surface area contributed by atoms with Gasteiger partial charge in [-0.25, -0.2) is 4.79 Å². The van der Waals surface area contributed by atoms with Gasteiger partial charge in [0, 0.05) is 10.4 Å². The summed E-state index contributed by atoms with van der Waals surface area (Å²) < 4.78 is 10.7. The highest BCUT2D eigenvalue weighted by molar-refractivity contribution is 9.10. The minimum Gasteiger partial charge on any atom is -0.493 e. The molecule has 0 radical (unpaired) electrons. The maximum Gasteiger partial charge on any atom is 0.338 e. The minimum absolute atomic E-state index is 0.126. The third-order valence-corrected chi connectivity index (χ3v) is 4.23. The van der Waals surface area contributed by atoms with E-state index in [9.17, 15) is 4.79 Å². The smallest absolute Gasteiger partial charge is 0.338 e. The average molecular weight is 380 g/mol. The number of rotatable bonds is 6. The molecule has 1 saturated carbocycles. The zero-order valence-corrected chi connectivity index (χ0v) is 13.7. The molecule has 20 heavy (non-hydrogen) atoms. The molecule has 108 valence electrons. The molecule has 1 aliphatic carbocycles. The Bertz CT molecular complexity index is 531. The van der Waals surface area contributed by atoms with Gasteiger partial charge >= 0.3 is 5.97 Å². The van der Waals surface area contributed by atoms with Crippen LogP contribution in [0.3, 0.4) is 0 Å². The van der Waals surface area contributed by atoms with Crippen LogP contribution in [0.25, 0.3) is 0 Å². The number of alkyl halides is 2. The fourth-order valence-electron chi connectivity index (χ4n) is 1.63. The fourth-order valence-corrected chi connectivity index (χ4v) is 2.60. The average Bonchev–Trinajstić information content (AvgIpc) is 3.00. The molecule has 1 aromatic rings. The van der Waals surface area contributed by atoms with Crippen LogP contribution in [0.1, 0.15) is 16.8 Å². The summed E-state index contributed by atoms with van der Waals surface area (Å²) in [5.41, 5.74) is 0.412. The Balaban J connectivity index is 2.00. The zero-order chi connectivity index (χ0) is 14.8. The molecule has 1 aromatic carbocycles. The van der Waals surface area contributed by atoms with Gasteiger partial charge in [0.25, 0.3) is 0 Å². The molecule has 3 nitrogen and oxygen atoms in total. The summed E-state index contributed by atoms with van der Waals surface area (Å²) in [7, 11) is 0. The Hall–Kier alpha value is -0.710. The van der Waals surface area contributed by atoms with Crippen molar-refractivity contribution in [2.75, 3.05) is 13.2 Å². The second kappa shape index (κ2) is 6.37. The summed E-state index contributed by atoms with van der Waals surface area (Å²) in [6, 6.07) is 5.07. The monoisotopic (exact) mass is 378 g/mol. The van der Waals surface area contributed by atoms with Crippen LogP contribution in [0.15, 0.2) is 35.3 Å². The maximum absolute atomic E-state index is 11.8. The normalized spacial score (nSPS) is 19.2. The molecule has 0 saturated heterocycles. The largest absolute Gasteiger partial charge is 0.493 e. The van der Waals surface area contributed by atoms with E-state index in [0.29, 0.717) is 17.9 Å². The number of ether oxygens (including phenoxy) is 2. The number of esters is 1. The summed E-state index contributed by atoms with van der Waals surface area (Å²) in [6.07, 6.45) is 2.24. The van der Waals surface area contributed by atoms with Gasteiger partial charge in [0.15, 0.2) is 0 Å². The van der Waals surface area contributed by atoms with Crippen molar-refractivity contribution in [3.8, 4) is 5.75 Å². The van der Waals surface area contributed by atoms with Crippen LogP contribution in [0.2, 0.25) is 0 Å². The second-order valence-corrected chi connectivity index (χ2v) is 6.99. The molecule has 1 fully saturated rings. The van der Waals surface area contributed by atoms with Gasteiger partial charge in [0.1, 0.15) is 16.7 Å². The van der Waals surface area contributed by atoms with Crippen molar-refractivity contribution in [3.63, 3.8) is 0 Å². The van der Waals surface area contributed by atoms with E-state index in [1.54, 1.807) is 18.2 Å². The van der Waals surface area contributed by atoms with Crippen LogP contribution >= 0.6 is 39.1 Å². The van der Waals surface area contributed by atoms with E-state index in [2.05, 4.69) is 22.5 Å². The van der Waals surface area contributed by atoms with Crippen LogP contribution in [-0.4, -0.2) is 23.5 Å². The topological polar surface area (TPSA) is 35.5 Å². The van der Waals surface area contributed by atoms with Gasteiger partial charge in [0.05, 0.1) is 12.2 Å². The van der Waals surface area contributed by atoms with Crippen molar-refractivity contribution in [1.82, 2.24) is 0 Å². The predicted molar refractivity (Wildman–Crippen MR) is 82.7 cm³/mol. The Morgan fingerprint density at radius 1 is 1.50 bits per heavy atom. The molecular weight excluding hydrogens is 367 g/mol. The van der Waals surface area contributed by atoms with Crippen LogP contribution in [0.5, 0.6) is 5.75 Å². The molecule has 1 aliphatic rings. The molecule has 0 N–H and O–H groups in total. The zero-order valence-electron chi connectivity index (χ0n) is 10.6. The Morgan fingerprint density at radius 2 is 2.20 bits per heavy atom. The molecule has 6 heteroatoms. The summed E-state index contributed by atoms with van der Waals surface area (Å²) in [6.45, 7) is 4.09. The van der Waals surface area contributed by atoms with Crippen molar-refractivity contribution in [2.24, 2.45) is 5.92 Å². The van der Waals surface area contributed by atoms with Gasteiger partial charge in [-0.05, 0) is 24.6 Å². The molecule has 0 amide bonds. The molecular formula is C14H13BrCl2O3. The standard InChI is InChI=1S/C14H13BrCl2O3/c1-2-3-19-13(18)9-4-11(15)6-12(5-9)20-8-10-7-14(10,16)17/h2,4-6,10H,1,3,7-8H2. The highest BCUT2D eigenvalue weighted by atomic mass is 79.9. The lowest BCUT2D eigenvalue weighted by Crippen LogP contribution is -2.07. The van der Waals surface area contributed by atoms with Crippen LogP contribution in [-0.2, 0) is 4.74 Å². The molecule has 0 aromatic heterocycles. The molecule has 0 aliphatic heterocycles. The maximum atomic E-state index is 11.8. The third-order valence-electron chi connectivity index (χ3n) is 2.85. The SMILES string of the molecule is C=CCOC(=O)c1cc(Br)cc(OCC2CC2(Cl)Cl)c1. The van der Waals surface area contributed by atoms with E-state index in [0.717, 1.165) is 10.9 Å². The van der Waals surface area contributed by atoms with Crippen molar-refractivity contribution in [2.45, 2.75) is 10.8 Å². The predicted octanol–water partition coefficient (Wildman–Crippen LogP) is 4.36. The van der Waals surface area contributed by atoms with Gasteiger partial charge in [-0.15, -0.1) is 23.2 Å². The van der Waals surface area contributed by atoms with Crippen LogP contribution in [0.4, 0.5) is 0 Å². The molecule has 2 rings (SSSR count). The van der Waals surface area contributed by atoms with E-state index in [1.165, 1.54) is 6.08 Å². The number of halogens is 3. The van der Waals surface area contributed by atoms with E-state index in [-0.39, 0.29) is 12.5 Å². The Labute approximate surface area is 136 Å². The first kappa shape index (κ1) is 15.7. The quantitative estimate of drug-likeness (QED) is 0.418. The van der Waals surface area contributed by atoms with Crippen molar-refractivity contribution >= 4 is 45.1 Å². The highest BCUT2D eigenvalue weighted by Gasteiger charge is 2.52. The van der Waals surface area contributed by atoms with E-state index >= 15 is 0 Å². The van der Waals surface area contributed by atoms with E-state index in [4.69, 9.17) is 32.7 Å². The first-order valence-corrected chi connectivity index (χ1v) is 7.56. The van der Waals surface area contributed by atoms with Gasteiger partial charge in [-0.1, -0.05) is 28.6 Å². The van der Waals surface area contributed by atoms with Gasteiger partial charge in [-0.3, -0.25) is 0 Å². The molecule has 0 bridgehead atoms. The summed E-state index contributed by atoms with van der Waals surface area (Å²) >= 11 is 15.2. The fraction of sp³-hybridized carbons (Fsp3) is 0.357. The van der Waals surface area contributed by atoms with Crippen LogP contribution in [0, 0.1) is 5.92 Å². The van der Waals surface area contributed by atoms with Gasteiger partial charge < -0.3 is 9.47 Å². The second-order valence-electron chi connectivity index (χ2n) is 4.54. The van der Waals surface area contributed by atoms with Crippen molar-refractivity contribution in [3.05, 3.63) is 40.9 Å². The first-order chi connectivity index (χ1) is 9.42. The number of hydrogen-bond donors (Lipinski definition) is 0. The summed E-state index contributed by atoms with van der Waals surface area (Å²) in [5, 5.41) is 0. The molecule has 0 spiro atoms. The number of benzene rings is 1. The lowest BCUT2D eigenvalue weighted by Gasteiger charge is -2.09. The lowest BCUT2D eigenvalue weighted by atomic mass is 10.2. The Kier molecular flexibility index (Phi) is 4.99. The first-order valence-electron chi connectivity index (χ1n) is 6.01. The van der Waals surface area contributed by atoms with Crippen LogP contribution < -0.4 is 4.74 Å². The lowest BCUT2D eigenvalue weighted by molar-refractivity contribution is 0.0549. The third kappa shape index (κ3) is 4.14. The minimum atomic E-state index is -0.669. The molecule has 1 atom stereocenters. The van der Waals surface area contributed by atoms with Crippen molar-refractivity contribution in [1.29, 1.82) is 0 Å². The Morgan fingerprint density at radius 3 is 2.80 bits per heavy atom. The molecule has 0 heterocycles. The highest BCUT2D eigenvalue weighted by Crippen LogP contribution is 2.53. The van der Waals surface area contributed by atoms with Gasteiger partial charge in [-0.2, -0.15) is 0 Å².